The lowest BCUT2D eigenvalue weighted by atomic mass is 10.0. The van der Waals surface area contributed by atoms with Crippen LogP contribution in [0.2, 0.25) is 0 Å². The van der Waals surface area contributed by atoms with Crippen LogP contribution in [0.15, 0.2) is 16.7 Å². The van der Waals surface area contributed by atoms with Gasteiger partial charge >= 0.3 is 6.09 Å². The molecule has 6 nitrogen and oxygen atoms in total. The number of aryl methyl sites for hydroxylation is 1. The van der Waals surface area contributed by atoms with Crippen molar-refractivity contribution in [3.05, 3.63) is 23.7 Å². The van der Waals surface area contributed by atoms with Crippen LogP contribution in [0, 0.1) is 12.8 Å². The first kappa shape index (κ1) is 17.1. The predicted octanol–water partition coefficient (Wildman–Crippen LogP) is 2.48. The Bertz CT molecular complexity index is 468. The first-order valence-corrected chi connectivity index (χ1v) is 7.19. The molecule has 1 heterocycles. The fourth-order valence-electron chi connectivity index (χ4n) is 2.03. The SMILES string of the molecule is CCOC(=O)NC(CNC(=O)c1ccoc1C)CC(C)C. The number of hydrogen-bond donors (Lipinski definition) is 2. The minimum absolute atomic E-state index is 0.166. The van der Waals surface area contributed by atoms with Crippen molar-refractivity contribution >= 4 is 12.0 Å². The van der Waals surface area contributed by atoms with Gasteiger partial charge < -0.3 is 19.8 Å². The summed E-state index contributed by atoms with van der Waals surface area (Å²) in [6, 6.07) is 1.46. The smallest absolute Gasteiger partial charge is 0.407 e. The molecule has 0 aliphatic heterocycles. The van der Waals surface area contributed by atoms with Crippen molar-refractivity contribution in [2.24, 2.45) is 5.92 Å². The minimum atomic E-state index is -0.461. The maximum absolute atomic E-state index is 12.0. The lowest BCUT2D eigenvalue weighted by Crippen LogP contribution is -2.44. The molecule has 2 N–H and O–H groups in total. The van der Waals surface area contributed by atoms with Crippen LogP contribution in [0.1, 0.15) is 43.3 Å². The zero-order valence-electron chi connectivity index (χ0n) is 13.1. The van der Waals surface area contributed by atoms with E-state index in [0.717, 1.165) is 6.42 Å². The summed E-state index contributed by atoms with van der Waals surface area (Å²) in [6.07, 6.45) is 1.77. The fourth-order valence-corrected chi connectivity index (χ4v) is 2.03. The van der Waals surface area contributed by atoms with Gasteiger partial charge in [-0.15, -0.1) is 0 Å². The van der Waals surface area contributed by atoms with Crippen LogP contribution in [0.25, 0.3) is 0 Å². The average Bonchev–Trinajstić information content (AvgIpc) is 2.81. The summed E-state index contributed by atoms with van der Waals surface area (Å²) in [7, 11) is 0. The zero-order chi connectivity index (χ0) is 15.8. The number of nitrogens with one attached hydrogen (secondary N) is 2. The summed E-state index contributed by atoms with van der Waals surface area (Å²) in [5, 5.41) is 5.57. The Balaban J connectivity index is 2.54. The molecule has 0 saturated heterocycles. The molecule has 0 radical (unpaired) electrons. The fraction of sp³-hybridized carbons (Fsp3) is 0.600. The summed E-state index contributed by atoms with van der Waals surface area (Å²) in [6.45, 7) is 8.27. The Morgan fingerprint density at radius 2 is 2.10 bits per heavy atom. The van der Waals surface area contributed by atoms with Crippen molar-refractivity contribution in [2.45, 2.75) is 40.2 Å². The van der Waals surface area contributed by atoms with Gasteiger partial charge in [-0.1, -0.05) is 13.8 Å². The van der Waals surface area contributed by atoms with Crippen molar-refractivity contribution in [3.63, 3.8) is 0 Å². The Kier molecular flexibility index (Phi) is 6.78. The van der Waals surface area contributed by atoms with Crippen molar-refractivity contribution in [3.8, 4) is 0 Å². The number of ether oxygens (including phenoxy) is 1. The summed E-state index contributed by atoms with van der Waals surface area (Å²) < 4.78 is 9.98. The van der Waals surface area contributed by atoms with Crippen LogP contribution in [-0.4, -0.2) is 31.2 Å². The largest absolute Gasteiger partial charge is 0.469 e. The van der Waals surface area contributed by atoms with Gasteiger partial charge in [0.1, 0.15) is 5.76 Å². The van der Waals surface area contributed by atoms with Gasteiger partial charge in [-0.2, -0.15) is 0 Å². The quantitative estimate of drug-likeness (QED) is 0.810. The van der Waals surface area contributed by atoms with E-state index < -0.39 is 6.09 Å². The highest BCUT2D eigenvalue weighted by atomic mass is 16.5. The van der Waals surface area contributed by atoms with Crippen LogP contribution in [-0.2, 0) is 4.74 Å². The van der Waals surface area contributed by atoms with Gasteiger partial charge in [-0.3, -0.25) is 4.79 Å². The summed E-state index contributed by atoms with van der Waals surface area (Å²) in [4.78, 5) is 23.5. The molecule has 118 valence electrons. The first-order valence-electron chi connectivity index (χ1n) is 7.19. The van der Waals surface area contributed by atoms with Gasteiger partial charge in [-0.05, 0) is 32.3 Å². The molecule has 0 aromatic carbocycles. The van der Waals surface area contributed by atoms with Crippen LogP contribution in [0.4, 0.5) is 4.79 Å². The number of carbonyl (C=O) groups is 2. The summed E-state index contributed by atoms with van der Waals surface area (Å²) in [5.74, 6) is 0.761. The van der Waals surface area contributed by atoms with E-state index in [4.69, 9.17) is 9.15 Å². The van der Waals surface area contributed by atoms with Gasteiger partial charge in [0.2, 0.25) is 0 Å². The van der Waals surface area contributed by atoms with Crippen LogP contribution < -0.4 is 10.6 Å². The Hall–Kier alpha value is -1.98. The predicted molar refractivity (Wildman–Crippen MR) is 79.2 cm³/mol. The van der Waals surface area contributed by atoms with E-state index in [9.17, 15) is 9.59 Å². The van der Waals surface area contributed by atoms with Crippen LogP contribution in [0.5, 0.6) is 0 Å². The molecule has 2 amide bonds. The van der Waals surface area contributed by atoms with Gasteiger partial charge in [0, 0.05) is 12.6 Å². The molecule has 1 aromatic heterocycles. The highest BCUT2D eigenvalue weighted by Gasteiger charge is 2.17. The molecule has 6 heteroatoms. The van der Waals surface area contributed by atoms with Gasteiger partial charge in [0.05, 0.1) is 18.4 Å². The summed E-state index contributed by atoms with van der Waals surface area (Å²) in [5.41, 5.74) is 0.509. The van der Waals surface area contributed by atoms with Gasteiger partial charge in [0.25, 0.3) is 5.91 Å². The normalized spacial score (nSPS) is 12.0. The second kappa shape index (κ2) is 8.34. The van der Waals surface area contributed by atoms with E-state index in [-0.39, 0.29) is 11.9 Å². The van der Waals surface area contributed by atoms with Crippen molar-refractivity contribution in [1.29, 1.82) is 0 Å². The Morgan fingerprint density at radius 3 is 2.62 bits per heavy atom. The van der Waals surface area contributed by atoms with Gasteiger partial charge in [-0.25, -0.2) is 4.79 Å². The second-order valence-corrected chi connectivity index (χ2v) is 5.29. The van der Waals surface area contributed by atoms with E-state index in [1.165, 1.54) is 6.26 Å². The maximum Gasteiger partial charge on any atom is 0.407 e. The van der Waals surface area contributed by atoms with E-state index in [2.05, 4.69) is 24.5 Å². The molecular formula is C15H24N2O4. The molecule has 21 heavy (non-hydrogen) atoms. The van der Waals surface area contributed by atoms with E-state index >= 15 is 0 Å². The van der Waals surface area contributed by atoms with Crippen molar-refractivity contribution < 1.29 is 18.7 Å². The third-order valence-electron chi connectivity index (χ3n) is 2.97. The van der Waals surface area contributed by atoms with E-state index in [1.54, 1.807) is 19.9 Å². The zero-order valence-corrected chi connectivity index (χ0v) is 13.1. The molecule has 1 aromatic rings. The molecule has 1 atom stereocenters. The van der Waals surface area contributed by atoms with Crippen molar-refractivity contribution in [2.75, 3.05) is 13.2 Å². The standard InChI is InChI=1S/C15H24N2O4/c1-5-20-15(19)17-12(8-10(2)3)9-16-14(18)13-6-7-21-11(13)4/h6-7,10,12H,5,8-9H2,1-4H3,(H,16,18)(H,17,19). The van der Waals surface area contributed by atoms with Crippen LogP contribution >= 0.6 is 0 Å². The number of carbonyl (C=O) groups excluding carboxylic acids is 2. The first-order chi connectivity index (χ1) is 9.93. The molecular weight excluding hydrogens is 272 g/mol. The third kappa shape index (κ3) is 5.89. The third-order valence-corrected chi connectivity index (χ3v) is 2.97. The number of alkyl carbamates (subject to hydrolysis) is 1. The number of furan rings is 1. The molecule has 0 fully saturated rings. The highest BCUT2D eigenvalue weighted by Crippen LogP contribution is 2.09. The molecule has 0 spiro atoms. The maximum atomic E-state index is 12.0. The number of amides is 2. The lowest BCUT2D eigenvalue weighted by Gasteiger charge is -2.20. The highest BCUT2D eigenvalue weighted by molar-refractivity contribution is 5.95. The second-order valence-electron chi connectivity index (χ2n) is 5.29. The Morgan fingerprint density at radius 1 is 1.38 bits per heavy atom. The topological polar surface area (TPSA) is 80.6 Å². The van der Waals surface area contributed by atoms with Gasteiger partial charge in [0.15, 0.2) is 0 Å². The molecule has 0 saturated carbocycles. The Labute approximate surface area is 125 Å². The van der Waals surface area contributed by atoms with E-state index in [1.807, 2.05) is 0 Å². The van der Waals surface area contributed by atoms with Crippen molar-refractivity contribution in [1.82, 2.24) is 10.6 Å². The molecule has 0 bridgehead atoms. The number of rotatable bonds is 7. The average molecular weight is 296 g/mol. The lowest BCUT2D eigenvalue weighted by molar-refractivity contribution is 0.0943. The minimum Gasteiger partial charge on any atom is -0.469 e. The monoisotopic (exact) mass is 296 g/mol. The molecule has 1 rings (SSSR count). The molecule has 0 aliphatic carbocycles. The molecule has 1 unspecified atom stereocenters. The molecule has 0 aliphatic rings. The van der Waals surface area contributed by atoms with Crippen LogP contribution in [0.3, 0.4) is 0 Å². The summed E-state index contributed by atoms with van der Waals surface area (Å²) >= 11 is 0. The van der Waals surface area contributed by atoms with E-state index in [0.29, 0.717) is 30.4 Å². The number of hydrogen-bond acceptors (Lipinski definition) is 4.